The molecule has 1 aliphatic heterocycles. The molecule has 130 valence electrons. The summed E-state index contributed by atoms with van der Waals surface area (Å²) in [5.74, 6) is 0.700. The lowest BCUT2D eigenvalue weighted by molar-refractivity contribution is -0.117. The van der Waals surface area contributed by atoms with Gasteiger partial charge in [-0.1, -0.05) is 41.9 Å². The molecule has 2 aromatic rings. The van der Waals surface area contributed by atoms with Crippen LogP contribution in [0, 0.1) is 6.92 Å². The van der Waals surface area contributed by atoms with Crippen molar-refractivity contribution in [3.05, 3.63) is 70.3 Å². The van der Waals surface area contributed by atoms with Gasteiger partial charge in [0.15, 0.2) is 0 Å². The third kappa shape index (κ3) is 4.23. The van der Waals surface area contributed by atoms with Gasteiger partial charge in [-0.05, 0) is 50.1 Å². The van der Waals surface area contributed by atoms with E-state index < -0.39 is 0 Å². The Morgan fingerprint density at radius 3 is 2.80 bits per heavy atom. The van der Waals surface area contributed by atoms with Crippen molar-refractivity contribution < 1.29 is 9.53 Å². The number of rotatable bonds is 3. The molecule has 0 aliphatic carbocycles. The van der Waals surface area contributed by atoms with Gasteiger partial charge in [0.1, 0.15) is 11.4 Å². The van der Waals surface area contributed by atoms with Gasteiger partial charge in [0, 0.05) is 23.1 Å². The molecular weight excluding hydrogens is 334 g/mol. The molecule has 1 amide bonds. The molecule has 1 aliphatic rings. The number of hydrogen-bond acceptors (Lipinski definition) is 2. The van der Waals surface area contributed by atoms with Gasteiger partial charge in [-0.25, -0.2) is 0 Å². The minimum atomic E-state index is -0.328. The molecule has 0 bridgehead atoms. The standard InChI is InChI=1S/C21H22ClNO2/c1-14-8-10-16-18(13-21(2,3)25-19(16)12-14)23-20(24)11-9-15-6-4-5-7-17(15)22/h4-12,18H,13H2,1-3H3,(H,23,24)/b11-9+. The molecule has 0 fully saturated rings. The van der Waals surface area contributed by atoms with Crippen LogP contribution in [0.2, 0.25) is 5.02 Å². The minimum Gasteiger partial charge on any atom is -0.487 e. The van der Waals surface area contributed by atoms with Crippen molar-refractivity contribution in [1.82, 2.24) is 5.32 Å². The summed E-state index contributed by atoms with van der Waals surface area (Å²) in [4.78, 5) is 12.4. The third-order valence-electron chi connectivity index (χ3n) is 4.26. The highest BCUT2D eigenvalue weighted by atomic mass is 35.5. The Labute approximate surface area is 153 Å². The fourth-order valence-electron chi connectivity index (χ4n) is 3.08. The molecule has 25 heavy (non-hydrogen) atoms. The van der Waals surface area contributed by atoms with Gasteiger partial charge in [0.2, 0.25) is 5.91 Å². The van der Waals surface area contributed by atoms with Crippen LogP contribution in [0.5, 0.6) is 5.75 Å². The monoisotopic (exact) mass is 355 g/mol. The van der Waals surface area contributed by atoms with E-state index in [-0.39, 0.29) is 17.6 Å². The van der Waals surface area contributed by atoms with Crippen LogP contribution in [-0.4, -0.2) is 11.5 Å². The number of amides is 1. The summed E-state index contributed by atoms with van der Waals surface area (Å²) in [5.41, 5.74) is 2.65. The first-order valence-corrected chi connectivity index (χ1v) is 8.74. The highest BCUT2D eigenvalue weighted by molar-refractivity contribution is 6.32. The highest BCUT2D eigenvalue weighted by Crippen LogP contribution is 2.39. The first-order chi connectivity index (χ1) is 11.8. The summed E-state index contributed by atoms with van der Waals surface area (Å²) < 4.78 is 6.07. The van der Waals surface area contributed by atoms with E-state index in [9.17, 15) is 4.79 Å². The summed E-state index contributed by atoms with van der Waals surface area (Å²) in [7, 11) is 0. The highest BCUT2D eigenvalue weighted by Gasteiger charge is 2.34. The van der Waals surface area contributed by atoms with Crippen molar-refractivity contribution in [2.75, 3.05) is 0 Å². The fraction of sp³-hybridized carbons (Fsp3) is 0.286. The Morgan fingerprint density at radius 2 is 2.04 bits per heavy atom. The number of hydrogen-bond donors (Lipinski definition) is 1. The van der Waals surface area contributed by atoms with E-state index in [0.717, 1.165) is 22.4 Å². The van der Waals surface area contributed by atoms with Crippen molar-refractivity contribution in [3.8, 4) is 5.75 Å². The maximum atomic E-state index is 12.4. The molecule has 1 N–H and O–H groups in total. The van der Waals surface area contributed by atoms with Gasteiger partial charge in [-0.15, -0.1) is 0 Å². The third-order valence-corrected chi connectivity index (χ3v) is 4.61. The fourth-order valence-corrected chi connectivity index (χ4v) is 3.28. The summed E-state index contributed by atoms with van der Waals surface area (Å²) in [6, 6.07) is 13.5. The number of benzene rings is 2. The molecule has 3 nitrogen and oxygen atoms in total. The second kappa shape index (κ2) is 6.93. The van der Waals surface area contributed by atoms with Gasteiger partial charge >= 0.3 is 0 Å². The molecule has 3 rings (SSSR count). The lowest BCUT2D eigenvalue weighted by Crippen LogP contribution is -2.40. The Morgan fingerprint density at radius 1 is 1.28 bits per heavy atom. The Hall–Kier alpha value is -2.26. The summed E-state index contributed by atoms with van der Waals surface area (Å²) >= 11 is 6.12. The second-order valence-corrected chi connectivity index (χ2v) is 7.43. The van der Waals surface area contributed by atoms with Crippen molar-refractivity contribution in [1.29, 1.82) is 0 Å². The number of carbonyl (C=O) groups is 1. The second-order valence-electron chi connectivity index (χ2n) is 7.02. The van der Waals surface area contributed by atoms with E-state index in [4.69, 9.17) is 16.3 Å². The van der Waals surface area contributed by atoms with E-state index in [2.05, 4.69) is 5.32 Å². The van der Waals surface area contributed by atoms with Crippen molar-refractivity contribution in [3.63, 3.8) is 0 Å². The quantitative estimate of drug-likeness (QED) is 0.779. The molecule has 2 aromatic carbocycles. The normalized spacial score (nSPS) is 18.5. The van der Waals surface area contributed by atoms with Crippen molar-refractivity contribution >= 4 is 23.6 Å². The SMILES string of the molecule is Cc1ccc2c(c1)OC(C)(C)CC2NC(=O)/C=C/c1ccccc1Cl. The summed E-state index contributed by atoms with van der Waals surface area (Å²) in [6.45, 7) is 6.11. The zero-order valence-electron chi connectivity index (χ0n) is 14.7. The van der Waals surface area contributed by atoms with Crippen LogP contribution in [0.1, 0.15) is 43.0 Å². The van der Waals surface area contributed by atoms with E-state index in [1.807, 2.05) is 57.2 Å². The first kappa shape index (κ1) is 17.6. The minimum absolute atomic E-state index is 0.0808. The Bertz CT molecular complexity index is 826. The van der Waals surface area contributed by atoms with Crippen LogP contribution in [0.15, 0.2) is 48.5 Å². The van der Waals surface area contributed by atoms with Crippen LogP contribution in [0.25, 0.3) is 6.08 Å². The molecule has 1 atom stereocenters. The van der Waals surface area contributed by atoms with Crippen LogP contribution < -0.4 is 10.1 Å². The van der Waals surface area contributed by atoms with Crippen LogP contribution in [0.4, 0.5) is 0 Å². The first-order valence-electron chi connectivity index (χ1n) is 8.37. The summed E-state index contributed by atoms with van der Waals surface area (Å²) in [5, 5.41) is 3.72. The zero-order valence-corrected chi connectivity index (χ0v) is 15.4. The number of aryl methyl sites for hydroxylation is 1. The van der Waals surface area contributed by atoms with E-state index in [1.165, 1.54) is 6.08 Å². The number of carbonyl (C=O) groups excluding carboxylic acids is 1. The lowest BCUT2D eigenvalue weighted by atomic mass is 9.89. The number of fused-ring (bicyclic) bond motifs is 1. The van der Waals surface area contributed by atoms with Crippen LogP contribution in [0.3, 0.4) is 0 Å². The number of halogens is 1. The molecule has 0 saturated heterocycles. The molecule has 0 radical (unpaired) electrons. The Balaban J connectivity index is 1.78. The van der Waals surface area contributed by atoms with Gasteiger partial charge in [0.25, 0.3) is 0 Å². The lowest BCUT2D eigenvalue weighted by Gasteiger charge is -2.38. The molecular formula is C21H22ClNO2. The predicted molar refractivity (Wildman–Crippen MR) is 102 cm³/mol. The maximum Gasteiger partial charge on any atom is 0.244 e. The largest absolute Gasteiger partial charge is 0.487 e. The van der Waals surface area contributed by atoms with Gasteiger partial charge in [-0.3, -0.25) is 4.79 Å². The van der Waals surface area contributed by atoms with Gasteiger partial charge < -0.3 is 10.1 Å². The van der Waals surface area contributed by atoms with E-state index in [0.29, 0.717) is 11.4 Å². The number of ether oxygens (including phenoxy) is 1. The van der Waals surface area contributed by atoms with Crippen LogP contribution >= 0.6 is 11.6 Å². The van der Waals surface area contributed by atoms with E-state index in [1.54, 1.807) is 12.1 Å². The average molecular weight is 356 g/mol. The molecule has 0 aromatic heterocycles. The molecule has 0 saturated carbocycles. The van der Waals surface area contributed by atoms with Crippen molar-refractivity contribution in [2.24, 2.45) is 0 Å². The van der Waals surface area contributed by atoms with Gasteiger partial charge in [0.05, 0.1) is 6.04 Å². The van der Waals surface area contributed by atoms with Crippen LogP contribution in [-0.2, 0) is 4.79 Å². The zero-order chi connectivity index (χ0) is 18.0. The maximum absolute atomic E-state index is 12.4. The summed E-state index contributed by atoms with van der Waals surface area (Å²) in [6.07, 6.45) is 3.98. The smallest absolute Gasteiger partial charge is 0.244 e. The van der Waals surface area contributed by atoms with Gasteiger partial charge in [-0.2, -0.15) is 0 Å². The Kier molecular flexibility index (Phi) is 4.87. The molecule has 1 heterocycles. The molecule has 4 heteroatoms. The topological polar surface area (TPSA) is 38.3 Å². The molecule has 0 spiro atoms. The predicted octanol–water partition coefficient (Wildman–Crippen LogP) is 5.08. The number of nitrogens with one attached hydrogen (secondary N) is 1. The average Bonchev–Trinajstić information content (AvgIpc) is 2.52. The molecule has 1 unspecified atom stereocenters. The van der Waals surface area contributed by atoms with E-state index >= 15 is 0 Å². The van der Waals surface area contributed by atoms with Crippen molar-refractivity contribution in [2.45, 2.75) is 38.8 Å².